The highest BCUT2D eigenvalue weighted by molar-refractivity contribution is 6.30. The minimum Gasteiger partial charge on any atom is -0.329 e. The molecule has 2 N–H and O–H groups in total. The zero-order valence-corrected chi connectivity index (χ0v) is 12.6. The molecule has 1 heterocycles. The Bertz CT molecular complexity index is 410. The summed E-state index contributed by atoms with van der Waals surface area (Å²) in [7, 11) is 2.19. The number of benzene rings is 1. The van der Waals surface area contributed by atoms with E-state index < -0.39 is 0 Å². The number of hydrogen-bond donors (Lipinski definition) is 1. The molecule has 1 fully saturated rings. The summed E-state index contributed by atoms with van der Waals surface area (Å²) in [5.41, 5.74) is 7.26. The summed E-state index contributed by atoms with van der Waals surface area (Å²) in [5.74, 6) is 0. The van der Waals surface area contributed by atoms with Crippen LogP contribution in [0.4, 0.5) is 0 Å². The minimum absolute atomic E-state index is 0.264. The lowest BCUT2D eigenvalue weighted by Gasteiger charge is -2.35. The molecule has 0 radical (unpaired) electrons. The molecule has 0 spiro atoms. The first-order valence-corrected chi connectivity index (χ1v) is 7.39. The van der Waals surface area contributed by atoms with Crippen molar-refractivity contribution in [2.75, 3.05) is 33.2 Å². The fraction of sp³-hybridized carbons (Fsp3) is 0.600. The van der Waals surface area contributed by atoms with Crippen molar-refractivity contribution in [3.63, 3.8) is 0 Å². The Labute approximate surface area is 121 Å². The maximum atomic E-state index is 6.11. The molecule has 1 aromatic rings. The van der Waals surface area contributed by atoms with E-state index in [1.54, 1.807) is 0 Å². The Kier molecular flexibility index (Phi) is 5.22. The summed E-state index contributed by atoms with van der Waals surface area (Å²) >= 11 is 6.11. The average molecular weight is 282 g/mol. The predicted molar refractivity (Wildman–Crippen MR) is 81.5 cm³/mol. The molecule has 19 heavy (non-hydrogen) atoms. The number of likely N-dealkylation sites (N-methyl/N-ethyl adjacent to an activating group) is 1. The van der Waals surface area contributed by atoms with Gasteiger partial charge in [0.05, 0.1) is 0 Å². The second-order valence-corrected chi connectivity index (χ2v) is 5.95. The molecule has 1 saturated heterocycles. The Morgan fingerprint density at radius 1 is 1.42 bits per heavy atom. The first kappa shape index (κ1) is 14.8. The topological polar surface area (TPSA) is 32.5 Å². The van der Waals surface area contributed by atoms with Crippen molar-refractivity contribution in [1.29, 1.82) is 0 Å². The molecule has 0 aromatic heterocycles. The normalized spacial score (nSPS) is 24.1. The molecule has 1 aromatic carbocycles. The van der Waals surface area contributed by atoms with Gasteiger partial charge in [-0.2, -0.15) is 0 Å². The molecule has 0 aliphatic carbocycles. The van der Waals surface area contributed by atoms with Crippen LogP contribution >= 0.6 is 11.6 Å². The van der Waals surface area contributed by atoms with Crippen LogP contribution < -0.4 is 5.73 Å². The van der Waals surface area contributed by atoms with E-state index in [1.807, 2.05) is 18.2 Å². The van der Waals surface area contributed by atoms with Crippen LogP contribution in [0.1, 0.15) is 24.9 Å². The van der Waals surface area contributed by atoms with Gasteiger partial charge in [-0.05, 0) is 44.6 Å². The lowest BCUT2D eigenvalue weighted by molar-refractivity contribution is 0.146. The van der Waals surface area contributed by atoms with Crippen LogP contribution in [0.3, 0.4) is 0 Å². The second-order valence-electron chi connectivity index (χ2n) is 5.51. The van der Waals surface area contributed by atoms with Crippen LogP contribution in [0, 0.1) is 0 Å². The van der Waals surface area contributed by atoms with Crippen molar-refractivity contribution in [2.45, 2.75) is 25.4 Å². The van der Waals surface area contributed by atoms with Gasteiger partial charge in [0.1, 0.15) is 0 Å². The Morgan fingerprint density at radius 3 is 2.89 bits per heavy atom. The van der Waals surface area contributed by atoms with Gasteiger partial charge in [0.2, 0.25) is 0 Å². The third-order valence-corrected chi connectivity index (χ3v) is 4.19. The maximum Gasteiger partial charge on any atom is 0.0474 e. The first-order valence-electron chi connectivity index (χ1n) is 7.01. The van der Waals surface area contributed by atoms with E-state index in [4.69, 9.17) is 17.3 Å². The van der Waals surface area contributed by atoms with E-state index in [2.05, 4.69) is 29.8 Å². The van der Waals surface area contributed by atoms with Crippen molar-refractivity contribution < 1.29 is 0 Å². The van der Waals surface area contributed by atoms with E-state index in [-0.39, 0.29) is 6.04 Å². The van der Waals surface area contributed by atoms with Gasteiger partial charge in [-0.15, -0.1) is 0 Å². The SMILES string of the molecule is CC1CN(C)CCCN1C(CN)c1cccc(Cl)c1. The monoisotopic (exact) mass is 281 g/mol. The fourth-order valence-electron chi connectivity index (χ4n) is 3.03. The van der Waals surface area contributed by atoms with Crippen LogP contribution in [0.2, 0.25) is 5.02 Å². The van der Waals surface area contributed by atoms with Gasteiger partial charge in [0.25, 0.3) is 0 Å². The zero-order chi connectivity index (χ0) is 13.8. The van der Waals surface area contributed by atoms with Crippen molar-refractivity contribution in [1.82, 2.24) is 9.80 Å². The molecule has 2 atom stereocenters. The first-order chi connectivity index (χ1) is 9.11. The third kappa shape index (κ3) is 3.69. The average Bonchev–Trinajstić information content (AvgIpc) is 2.52. The minimum atomic E-state index is 0.264. The van der Waals surface area contributed by atoms with Gasteiger partial charge in [-0.3, -0.25) is 4.90 Å². The summed E-state index contributed by atoms with van der Waals surface area (Å²) in [6.45, 7) is 6.27. The molecule has 0 amide bonds. The van der Waals surface area contributed by atoms with Crippen LogP contribution in [0.15, 0.2) is 24.3 Å². The van der Waals surface area contributed by atoms with Crippen LogP contribution in [0.25, 0.3) is 0 Å². The Morgan fingerprint density at radius 2 is 2.21 bits per heavy atom. The van der Waals surface area contributed by atoms with Gasteiger partial charge >= 0.3 is 0 Å². The van der Waals surface area contributed by atoms with E-state index in [0.717, 1.165) is 24.7 Å². The summed E-state index contributed by atoms with van der Waals surface area (Å²) in [4.78, 5) is 4.92. The number of rotatable bonds is 3. The number of nitrogens with two attached hydrogens (primary N) is 1. The molecular formula is C15H24ClN3. The fourth-order valence-corrected chi connectivity index (χ4v) is 3.23. The van der Waals surface area contributed by atoms with Gasteiger partial charge in [0.15, 0.2) is 0 Å². The highest BCUT2D eigenvalue weighted by atomic mass is 35.5. The molecule has 2 unspecified atom stereocenters. The zero-order valence-electron chi connectivity index (χ0n) is 11.8. The van der Waals surface area contributed by atoms with Crippen LogP contribution in [0.5, 0.6) is 0 Å². The van der Waals surface area contributed by atoms with E-state index in [9.17, 15) is 0 Å². The predicted octanol–water partition coefficient (Wildman–Crippen LogP) is 2.37. The van der Waals surface area contributed by atoms with E-state index in [0.29, 0.717) is 12.6 Å². The number of nitrogens with zero attached hydrogens (tertiary/aromatic N) is 2. The number of halogens is 1. The summed E-state index contributed by atoms with van der Waals surface area (Å²) in [6, 6.07) is 8.87. The molecule has 0 bridgehead atoms. The third-order valence-electron chi connectivity index (χ3n) is 3.96. The lowest BCUT2D eigenvalue weighted by atomic mass is 10.0. The largest absolute Gasteiger partial charge is 0.329 e. The van der Waals surface area contributed by atoms with E-state index in [1.165, 1.54) is 12.0 Å². The Hall–Kier alpha value is -0.610. The molecule has 2 rings (SSSR count). The van der Waals surface area contributed by atoms with Crippen molar-refractivity contribution in [2.24, 2.45) is 5.73 Å². The lowest BCUT2D eigenvalue weighted by Crippen LogP contribution is -2.42. The maximum absolute atomic E-state index is 6.11. The van der Waals surface area contributed by atoms with Crippen molar-refractivity contribution >= 4 is 11.6 Å². The molecule has 0 saturated carbocycles. The van der Waals surface area contributed by atoms with Gasteiger partial charge in [-0.25, -0.2) is 0 Å². The van der Waals surface area contributed by atoms with Crippen molar-refractivity contribution in [3.8, 4) is 0 Å². The highest BCUT2D eigenvalue weighted by Gasteiger charge is 2.26. The summed E-state index contributed by atoms with van der Waals surface area (Å²) in [5, 5.41) is 0.788. The standard InChI is InChI=1S/C15H24ClN3/c1-12-11-18(2)7-4-8-19(12)15(10-17)13-5-3-6-14(16)9-13/h3,5-6,9,12,15H,4,7-8,10-11,17H2,1-2H3. The molecule has 3 nitrogen and oxygen atoms in total. The molecule has 4 heteroatoms. The number of hydrogen-bond acceptors (Lipinski definition) is 3. The van der Waals surface area contributed by atoms with Gasteiger partial charge in [-0.1, -0.05) is 23.7 Å². The molecule has 1 aliphatic heterocycles. The van der Waals surface area contributed by atoms with Gasteiger partial charge < -0.3 is 10.6 Å². The van der Waals surface area contributed by atoms with Crippen LogP contribution in [-0.2, 0) is 0 Å². The highest BCUT2D eigenvalue weighted by Crippen LogP contribution is 2.26. The second kappa shape index (κ2) is 6.71. The van der Waals surface area contributed by atoms with Crippen molar-refractivity contribution in [3.05, 3.63) is 34.9 Å². The summed E-state index contributed by atoms with van der Waals surface area (Å²) in [6.07, 6.45) is 1.19. The smallest absolute Gasteiger partial charge is 0.0474 e. The van der Waals surface area contributed by atoms with Gasteiger partial charge in [0, 0.05) is 36.7 Å². The van der Waals surface area contributed by atoms with E-state index >= 15 is 0 Å². The quantitative estimate of drug-likeness (QED) is 0.923. The summed E-state index contributed by atoms with van der Waals surface area (Å²) < 4.78 is 0. The molecule has 1 aliphatic rings. The molecular weight excluding hydrogens is 258 g/mol. The van der Waals surface area contributed by atoms with Crippen LogP contribution in [-0.4, -0.2) is 49.1 Å². The Balaban J connectivity index is 2.20. The molecule has 106 valence electrons.